The van der Waals surface area contributed by atoms with Gasteiger partial charge in [0.25, 0.3) is 0 Å². The van der Waals surface area contributed by atoms with E-state index in [0.717, 1.165) is 12.5 Å². The highest BCUT2D eigenvalue weighted by Crippen LogP contribution is 2.34. The van der Waals surface area contributed by atoms with Crippen LogP contribution >= 0.6 is 0 Å². The Balaban J connectivity index is 1.92. The first-order valence-corrected chi connectivity index (χ1v) is 7.23. The Morgan fingerprint density at radius 3 is 2.78 bits per heavy atom. The Kier molecular flexibility index (Phi) is 5.70. The summed E-state index contributed by atoms with van der Waals surface area (Å²) in [7, 11) is 1.30. The van der Waals surface area contributed by atoms with E-state index in [0.29, 0.717) is 19.8 Å². The second-order valence-electron chi connectivity index (χ2n) is 5.31. The van der Waals surface area contributed by atoms with Gasteiger partial charge >= 0.3 is 12.2 Å². The molecule has 0 bridgehead atoms. The van der Waals surface area contributed by atoms with Crippen molar-refractivity contribution in [3.63, 3.8) is 0 Å². The van der Waals surface area contributed by atoms with Gasteiger partial charge in [0.15, 0.2) is 0 Å². The molecule has 2 amide bonds. The highest BCUT2D eigenvalue weighted by Gasteiger charge is 2.33. The van der Waals surface area contributed by atoms with Gasteiger partial charge in [0, 0.05) is 25.6 Å². The molecule has 0 saturated carbocycles. The number of ether oxygens (including phenoxy) is 2. The Labute approximate surface area is 132 Å². The number of halogens is 3. The molecule has 0 spiro atoms. The summed E-state index contributed by atoms with van der Waals surface area (Å²) in [6, 6.07) is 3.15. The van der Waals surface area contributed by atoms with E-state index >= 15 is 0 Å². The van der Waals surface area contributed by atoms with Crippen molar-refractivity contribution < 1.29 is 27.4 Å². The van der Waals surface area contributed by atoms with Gasteiger partial charge in [-0.25, -0.2) is 4.79 Å². The van der Waals surface area contributed by atoms with Crippen LogP contribution in [0.2, 0.25) is 0 Å². The standard InChI is InChI=1S/C15H19F3N2O3/c1-22-12-3-2-11(13(6-12)15(16,17)18)8-20-14(21)19-7-10-4-5-23-9-10/h2-3,6,10H,4-5,7-9H2,1H3,(H2,19,20,21)/t10-/m1/s1. The van der Waals surface area contributed by atoms with Gasteiger partial charge in [-0.15, -0.1) is 0 Å². The van der Waals surface area contributed by atoms with Crippen LogP contribution in [-0.4, -0.2) is 32.9 Å². The minimum atomic E-state index is -4.51. The number of hydrogen-bond donors (Lipinski definition) is 2. The number of carbonyl (C=O) groups is 1. The number of benzene rings is 1. The van der Waals surface area contributed by atoms with Crippen molar-refractivity contribution in [2.24, 2.45) is 5.92 Å². The molecule has 1 aliphatic rings. The van der Waals surface area contributed by atoms with Crippen LogP contribution in [-0.2, 0) is 17.5 Å². The summed E-state index contributed by atoms with van der Waals surface area (Å²) >= 11 is 0. The Morgan fingerprint density at radius 1 is 1.39 bits per heavy atom. The molecule has 1 aromatic rings. The topological polar surface area (TPSA) is 59.6 Å². The Bertz CT molecular complexity index is 543. The molecule has 128 valence electrons. The normalized spacial score (nSPS) is 17.8. The largest absolute Gasteiger partial charge is 0.497 e. The second kappa shape index (κ2) is 7.54. The molecule has 1 heterocycles. The monoisotopic (exact) mass is 332 g/mol. The number of alkyl halides is 3. The molecule has 23 heavy (non-hydrogen) atoms. The molecule has 8 heteroatoms. The van der Waals surface area contributed by atoms with Gasteiger partial charge in [0.1, 0.15) is 5.75 Å². The van der Waals surface area contributed by atoms with Gasteiger partial charge in [-0.05, 0) is 24.1 Å². The van der Waals surface area contributed by atoms with E-state index in [1.807, 2.05) is 0 Å². The van der Waals surface area contributed by atoms with Crippen molar-refractivity contribution in [3.8, 4) is 5.75 Å². The molecule has 1 fully saturated rings. The minimum absolute atomic E-state index is 0.0161. The lowest BCUT2D eigenvalue weighted by molar-refractivity contribution is -0.138. The van der Waals surface area contributed by atoms with Crippen molar-refractivity contribution in [2.75, 3.05) is 26.9 Å². The summed E-state index contributed by atoms with van der Waals surface area (Å²) < 4.78 is 49.1. The van der Waals surface area contributed by atoms with Crippen molar-refractivity contribution in [2.45, 2.75) is 19.1 Å². The molecule has 1 saturated heterocycles. The van der Waals surface area contributed by atoms with Crippen LogP contribution in [0.5, 0.6) is 5.75 Å². The maximum Gasteiger partial charge on any atom is 0.416 e. The zero-order chi connectivity index (χ0) is 16.9. The van der Waals surface area contributed by atoms with Crippen molar-refractivity contribution in [1.29, 1.82) is 0 Å². The molecule has 1 atom stereocenters. The molecule has 0 unspecified atom stereocenters. The van der Waals surface area contributed by atoms with Crippen LogP contribution in [0.3, 0.4) is 0 Å². The van der Waals surface area contributed by atoms with Crippen LogP contribution in [0, 0.1) is 5.92 Å². The maximum atomic E-state index is 13.0. The van der Waals surface area contributed by atoms with Gasteiger partial charge < -0.3 is 20.1 Å². The first-order valence-electron chi connectivity index (χ1n) is 7.23. The zero-order valence-corrected chi connectivity index (χ0v) is 12.7. The maximum absolute atomic E-state index is 13.0. The highest BCUT2D eigenvalue weighted by molar-refractivity contribution is 5.73. The van der Waals surface area contributed by atoms with Gasteiger partial charge in [-0.3, -0.25) is 0 Å². The predicted molar refractivity (Wildman–Crippen MR) is 77.2 cm³/mol. The summed E-state index contributed by atoms with van der Waals surface area (Å²) in [5, 5.41) is 5.08. The molecule has 1 aromatic carbocycles. The minimum Gasteiger partial charge on any atom is -0.497 e. The molecule has 0 radical (unpaired) electrons. The third-order valence-electron chi connectivity index (χ3n) is 3.64. The molecular formula is C15H19F3N2O3. The average molecular weight is 332 g/mol. The van der Waals surface area contributed by atoms with Gasteiger partial charge in [-0.1, -0.05) is 6.07 Å². The fraction of sp³-hybridized carbons (Fsp3) is 0.533. The number of carbonyl (C=O) groups excluding carboxylic acids is 1. The number of urea groups is 1. The Morgan fingerprint density at radius 2 is 2.17 bits per heavy atom. The van der Waals surface area contributed by atoms with Gasteiger partial charge in [-0.2, -0.15) is 13.2 Å². The molecule has 0 aliphatic carbocycles. The highest BCUT2D eigenvalue weighted by atomic mass is 19.4. The van der Waals surface area contributed by atoms with Crippen LogP contribution in [0.25, 0.3) is 0 Å². The third kappa shape index (κ3) is 5.02. The Hall–Kier alpha value is -1.96. The zero-order valence-electron chi connectivity index (χ0n) is 12.7. The lowest BCUT2D eigenvalue weighted by Gasteiger charge is -2.15. The average Bonchev–Trinajstić information content (AvgIpc) is 3.03. The third-order valence-corrected chi connectivity index (χ3v) is 3.64. The summed E-state index contributed by atoms with van der Waals surface area (Å²) in [5.41, 5.74) is -0.834. The fourth-order valence-electron chi connectivity index (χ4n) is 2.32. The first-order chi connectivity index (χ1) is 10.9. The number of nitrogens with one attached hydrogen (secondary N) is 2. The van der Waals surface area contributed by atoms with Crippen molar-refractivity contribution in [3.05, 3.63) is 29.3 Å². The second-order valence-corrected chi connectivity index (χ2v) is 5.31. The lowest BCUT2D eigenvalue weighted by atomic mass is 10.1. The van der Waals surface area contributed by atoms with Crippen LogP contribution in [0.4, 0.5) is 18.0 Å². The summed E-state index contributed by atoms with van der Waals surface area (Å²) in [5.74, 6) is 0.374. The summed E-state index contributed by atoms with van der Waals surface area (Å²) in [4.78, 5) is 11.7. The van der Waals surface area contributed by atoms with E-state index in [2.05, 4.69) is 10.6 Å². The van der Waals surface area contributed by atoms with E-state index < -0.39 is 17.8 Å². The van der Waals surface area contributed by atoms with Crippen LogP contribution in [0.1, 0.15) is 17.5 Å². The lowest BCUT2D eigenvalue weighted by Crippen LogP contribution is -2.38. The SMILES string of the molecule is COc1ccc(CNC(=O)NC[C@H]2CCOC2)c(C(F)(F)F)c1. The van der Waals surface area contributed by atoms with E-state index in [4.69, 9.17) is 9.47 Å². The molecule has 2 rings (SSSR count). The van der Waals surface area contributed by atoms with Crippen molar-refractivity contribution in [1.82, 2.24) is 10.6 Å². The molecule has 5 nitrogen and oxygen atoms in total. The quantitative estimate of drug-likeness (QED) is 0.871. The smallest absolute Gasteiger partial charge is 0.416 e. The van der Waals surface area contributed by atoms with Crippen LogP contribution < -0.4 is 15.4 Å². The number of hydrogen-bond acceptors (Lipinski definition) is 3. The number of amides is 2. The van der Waals surface area contributed by atoms with E-state index in [9.17, 15) is 18.0 Å². The van der Waals surface area contributed by atoms with E-state index in [1.54, 1.807) is 0 Å². The fourth-order valence-corrected chi connectivity index (χ4v) is 2.32. The molecule has 1 aliphatic heterocycles. The predicted octanol–water partition coefficient (Wildman–Crippen LogP) is 2.55. The molecular weight excluding hydrogens is 313 g/mol. The van der Waals surface area contributed by atoms with Gasteiger partial charge in [0.05, 0.1) is 19.3 Å². The molecule has 2 N–H and O–H groups in total. The number of methoxy groups -OCH3 is 1. The first kappa shape index (κ1) is 17.4. The van der Waals surface area contributed by atoms with Gasteiger partial charge in [0.2, 0.25) is 0 Å². The molecule has 0 aromatic heterocycles. The van der Waals surface area contributed by atoms with E-state index in [1.165, 1.54) is 19.2 Å². The van der Waals surface area contributed by atoms with Crippen molar-refractivity contribution >= 4 is 6.03 Å². The van der Waals surface area contributed by atoms with E-state index in [-0.39, 0.29) is 23.8 Å². The number of rotatable bonds is 5. The summed E-state index contributed by atoms with van der Waals surface area (Å²) in [6.07, 6.45) is -3.64. The van der Waals surface area contributed by atoms with Crippen LogP contribution in [0.15, 0.2) is 18.2 Å². The summed E-state index contributed by atoms with van der Waals surface area (Å²) in [6.45, 7) is 1.50.